The predicted molar refractivity (Wildman–Crippen MR) is 96.0 cm³/mol. The second-order valence-corrected chi connectivity index (χ2v) is 6.16. The average molecular weight is 332 g/mol. The summed E-state index contributed by atoms with van der Waals surface area (Å²) in [5.74, 6) is 1.10. The van der Waals surface area contributed by atoms with E-state index in [1.807, 2.05) is 12.1 Å². The fourth-order valence-corrected chi connectivity index (χ4v) is 2.69. The van der Waals surface area contributed by atoms with Crippen molar-refractivity contribution in [2.24, 2.45) is 10.7 Å². The Morgan fingerprint density at radius 2 is 2.30 bits per heavy atom. The van der Waals surface area contributed by atoms with Crippen molar-refractivity contribution in [3.8, 4) is 5.88 Å². The molecular formula is C17H24N4OS. The van der Waals surface area contributed by atoms with Gasteiger partial charge in [0, 0.05) is 23.2 Å². The van der Waals surface area contributed by atoms with Crippen LogP contribution in [0.4, 0.5) is 0 Å². The molecule has 0 unspecified atom stereocenters. The highest BCUT2D eigenvalue weighted by atomic mass is 32.1. The van der Waals surface area contributed by atoms with E-state index >= 15 is 0 Å². The smallest absolute Gasteiger partial charge is 0.218 e. The molecule has 0 aliphatic heterocycles. The van der Waals surface area contributed by atoms with Crippen LogP contribution in [0.1, 0.15) is 30.2 Å². The standard InChI is InChI=1S/C17H24N4OS/c1-2-3-11-22-16-14(6-4-9-19-16)13-21-17(18)20-10-8-15-7-5-12-23-15/h4-7,9,12H,2-3,8,10-11,13H2,1H3,(H3,18,20,21). The number of pyridine rings is 1. The second kappa shape index (κ2) is 9.84. The van der Waals surface area contributed by atoms with Gasteiger partial charge in [-0.3, -0.25) is 0 Å². The number of nitrogens with one attached hydrogen (secondary N) is 1. The maximum absolute atomic E-state index is 5.91. The second-order valence-electron chi connectivity index (χ2n) is 5.13. The Hall–Kier alpha value is -2.08. The van der Waals surface area contributed by atoms with Gasteiger partial charge in [-0.15, -0.1) is 11.3 Å². The highest BCUT2D eigenvalue weighted by Gasteiger charge is 2.04. The molecule has 0 aliphatic carbocycles. The van der Waals surface area contributed by atoms with Gasteiger partial charge in [0.05, 0.1) is 13.2 Å². The van der Waals surface area contributed by atoms with Crippen molar-refractivity contribution < 1.29 is 4.74 Å². The van der Waals surface area contributed by atoms with Crippen molar-refractivity contribution in [1.82, 2.24) is 10.3 Å². The summed E-state index contributed by atoms with van der Waals surface area (Å²) in [6.45, 7) is 4.06. The van der Waals surface area contributed by atoms with Crippen LogP contribution in [0.15, 0.2) is 40.8 Å². The van der Waals surface area contributed by atoms with Crippen molar-refractivity contribution in [3.05, 3.63) is 46.3 Å². The molecule has 0 aliphatic rings. The Morgan fingerprint density at radius 3 is 3.09 bits per heavy atom. The minimum absolute atomic E-state index is 0.449. The number of aliphatic imine (C=N–C) groups is 1. The Morgan fingerprint density at radius 1 is 1.39 bits per heavy atom. The molecule has 124 valence electrons. The third-order valence-electron chi connectivity index (χ3n) is 3.26. The molecule has 0 bridgehead atoms. The van der Waals surface area contributed by atoms with E-state index in [4.69, 9.17) is 10.5 Å². The van der Waals surface area contributed by atoms with Crippen molar-refractivity contribution in [1.29, 1.82) is 0 Å². The molecule has 3 N–H and O–H groups in total. The molecule has 0 saturated carbocycles. The fraction of sp³-hybridized carbons (Fsp3) is 0.412. The first kappa shape index (κ1) is 17.3. The first-order chi connectivity index (χ1) is 11.3. The number of unbranched alkanes of at least 4 members (excludes halogenated alkanes) is 1. The molecule has 0 radical (unpaired) electrons. The summed E-state index contributed by atoms with van der Waals surface area (Å²) in [6.07, 6.45) is 4.80. The van der Waals surface area contributed by atoms with E-state index in [9.17, 15) is 0 Å². The van der Waals surface area contributed by atoms with Gasteiger partial charge in [-0.25, -0.2) is 9.98 Å². The summed E-state index contributed by atoms with van der Waals surface area (Å²) in [4.78, 5) is 9.98. The van der Waals surface area contributed by atoms with Gasteiger partial charge in [0.25, 0.3) is 0 Å². The summed E-state index contributed by atoms with van der Waals surface area (Å²) in [7, 11) is 0. The highest BCUT2D eigenvalue weighted by Crippen LogP contribution is 2.15. The Kier molecular flexibility index (Phi) is 7.39. The van der Waals surface area contributed by atoms with Crippen LogP contribution in [-0.4, -0.2) is 24.1 Å². The number of nitrogens with zero attached hydrogens (tertiary/aromatic N) is 2. The Labute approximate surface area is 141 Å². The number of hydrogen-bond acceptors (Lipinski definition) is 4. The van der Waals surface area contributed by atoms with Crippen LogP contribution in [0.3, 0.4) is 0 Å². The molecule has 0 atom stereocenters. The van der Waals surface area contributed by atoms with Crippen LogP contribution < -0.4 is 15.8 Å². The first-order valence-electron chi connectivity index (χ1n) is 7.92. The zero-order chi connectivity index (χ0) is 16.3. The SMILES string of the molecule is CCCCOc1ncccc1CN=C(N)NCCc1cccs1. The number of nitrogens with two attached hydrogens (primary N) is 1. The first-order valence-corrected chi connectivity index (χ1v) is 8.80. The molecule has 0 amide bonds. The fourth-order valence-electron chi connectivity index (χ4n) is 1.98. The lowest BCUT2D eigenvalue weighted by Crippen LogP contribution is -2.33. The van der Waals surface area contributed by atoms with Crippen LogP contribution in [0.2, 0.25) is 0 Å². The molecule has 6 heteroatoms. The molecule has 2 heterocycles. The molecule has 2 rings (SSSR count). The highest BCUT2D eigenvalue weighted by molar-refractivity contribution is 7.09. The third-order valence-corrected chi connectivity index (χ3v) is 4.20. The predicted octanol–water partition coefficient (Wildman–Crippen LogP) is 2.97. The number of rotatable bonds is 9. The van der Waals surface area contributed by atoms with Crippen LogP contribution in [0.5, 0.6) is 5.88 Å². The van der Waals surface area contributed by atoms with E-state index in [2.05, 4.69) is 39.7 Å². The zero-order valence-corrected chi connectivity index (χ0v) is 14.3. The van der Waals surface area contributed by atoms with Crippen molar-refractivity contribution in [2.45, 2.75) is 32.7 Å². The van der Waals surface area contributed by atoms with E-state index in [1.54, 1.807) is 17.5 Å². The molecule has 2 aromatic rings. The summed E-state index contributed by atoms with van der Waals surface area (Å²) < 4.78 is 5.70. The van der Waals surface area contributed by atoms with Gasteiger partial charge in [0.15, 0.2) is 5.96 Å². The van der Waals surface area contributed by atoms with Gasteiger partial charge in [-0.2, -0.15) is 0 Å². The van der Waals surface area contributed by atoms with E-state index in [1.165, 1.54) is 4.88 Å². The number of aromatic nitrogens is 1. The Bertz CT molecular complexity index is 598. The van der Waals surface area contributed by atoms with Crippen LogP contribution in [0, 0.1) is 0 Å². The summed E-state index contributed by atoms with van der Waals surface area (Å²) in [5.41, 5.74) is 6.86. The normalized spacial score (nSPS) is 11.4. The molecule has 0 aromatic carbocycles. The average Bonchev–Trinajstić information content (AvgIpc) is 3.07. The third kappa shape index (κ3) is 6.28. The number of guanidine groups is 1. The van der Waals surface area contributed by atoms with Gasteiger partial charge >= 0.3 is 0 Å². The number of ether oxygens (including phenoxy) is 1. The Balaban J connectivity index is 1.81. The number of hydrogen-bond donors (Lipinski definition) is 2. The summed E-state index contributed by atoms with van der Waals surface area (Å²) in [6, 6.07) is 8.03. The van der Waals surface area contributed by atoms with Gasteiger partial charge in [0.1, 0.15) is 0 Å². The van der Waals surface area contributed by atoms with Crippen molar-refractivity contribution in [2.75, 3.05) is 13.2 Å². The minimum atomic E-state index is 0.449. The van der Waals surface area contributed by atoms with E-state index < -0.39 is 0 Å². The van der Waals surface area contributed by atoms with Crippen LogP contribution >= 0.6 is 11.3 Å². The largest absolute Gasteiger partial charge is 0.477 e. The molecule has 0 spiro atoms. The molecule has 0 fully saturated rings. The lowest BCUT2D eigenvalue weighted by Gasteiger charge is -2.09. The monoisotopic (exact) mass is 332 g/mol. The van der Waals surface area contributed by atoms with Gasteiger partial charge in [-0.05, 0) is 30.4 Å². The van der Waals surface area contributed by atoms with E-state index in [-0.39, 0.29) is 0 Å². The summed E-state index contributed by atoms with van der Waals surface area (Å²) >= 11 is 1.75. The van der Waals surface area contributed by atoms with Gasteiger partial charge < -0.3 is 15.8 Å². The van der Waals surface area contributed by atoms with Gasteiger partial charge in [-0.1, -0.05) is 25.5 Å². The van der Waals surface area contributed by atoms with Crippen LogP contribution in [0.25, 0.3) is 0 Å². The topological polar surface area (TPSA) is 72.5 Å². The lowest BCUT2D eigenvalue weighted by atomic mass is 10.3. The van der Waals surface area contributed by atoms with E-state index in [0.717, 1.165) is 31.4 Å². The van der Waals surface area contributed by atoms with E-state index in [0.29, 0.717) is 25.0 Å². The molecule has 0 saturated heterocycles. The number of thiophene rings is 1. The molecular weight excluding hydrogens is 308 g/mol. The molecule has 2 aromatic heterocycles. The van der Waals surface area contributed by atoms with Crippen LogP contribution in [-0.2, 0) is 13.0 Å². The van der Waals surface area contributed by atoms with Crippen molar-refractivity contribution in [3.63, 3.8) is 0 Å². The molecule has 23 heavy (non-hydrogen) atoms. The lowest BCUT2D eigenvalue weighted by molar-refractivity contribution is 0.294. The maximum Gasteiger partial charge on any atom is 0.218 e. The molecule has 5 nitrogen and oxygen atoms in total. The summed E-state index contributed by atoms with van der Waals surface area (Å²) in [5, 5.41) is 5.21. The zero-order valence-electron chi connectivity index (χ0n) is 13.5. The quantitative estimate of drug-likeness (QED) is 0.421. The maximum atomic E-state index is 5.91. The minimum Gasteiger partial charge on any atom is -0.477 e. The van der Waals surface area contributed by atoms with Crippen molar-refractivity contribution >= 4 is 17.3 Å². The van der Waals surface area contributed by atoms with Gasteiger partial charge in [0.2, 0.25) is 5.88 Å².